The molecule has 2 aliphatic rings. The third kappa shape index (κ3) is 6.51. The van der Waals surface area contributed by atoms with E-state index in [-0.39, 0.29) is 11.8 Å². The Kier molecular flexibility index (Phi) is 9.47. The number of hydrogen-bond donors (Lipinski definition) is 0. The zero-order valence-electron chi connectivity index (χ0n) is 22.0. The average molecular weight is 497 g/mol. The molecule has 196 valence electrons. The highest BCUT2D eigenvalue weighted by Gasteiger charge is 2.29. The quantitative estimate of drug-likeness (QED) is 0.303. The van der Waals surface area contributed by atoms with Crippen LogP contribution in [0, 0.1) is 0 Å². The van der Waals surface area contributed by atoms with Crippen molar-refractivity contribution >= 4 is 5.78 Å². The van der Waals surface area contributed by atoms with Crippen LogP contribution in [0.3, 0.4) is 0 Å². The van der Waals surface area contributed by atoms with E-state index in [1.807, 2.05) is 6.07 Å². The molecule has 2 saturated heterocycles. The standard InChI is InChI=1S/C29H40N2O5/c1-33-27-19-23(20-28(34-2)29(27)35-3)26(32)21-31-16-8-12-25(31)22-10-7-11-24(18-22)36-17-9-15-30-13-5-4-6-14-30/h7,10-11,18-20,25H,4-6,8-9,12-17,21H2,1-3H3. The molecule has 0 N–H and O–H groups in total. The molecule has 0 aliphatic carbocycles. The molecule has 4 rings (SSSR count). The maximum atomic E-state index is 13.3. The fourth-order valence-electron chi connectivity index (χ4n) is 5.38. The van der Waals surface area contributed by atoms with Gasteiger partial charge in [0.25, 0.3) is 0 Å². The summed E-state index contributed by atoms with van der Waals surface area (Å²) in [5.41, 5.74) is 1.76. The van der Waals surface area contributed by atoms with Crippen molar-refractivity contribution < 1.29 is 23.7 Å². The van der Waals surface area contributed by atoms with Gasteiger partial charge in [0.15, 0.2) is 17.3 Å². The average Bonchev–Trinajstić information content (AvgIpc) is 3.39. The van der Waals surface area contributed by atoms with E-state index in [1.165, 1.54) is 37.9 Å². The summed E-state index contributed by atoms with van der Waals surface area (Å²) in [6.45, 7) is 5.52. The van der Waals surface area contributed by atoms with Crippen LogP contribution in [0.15, 0.2) is 36.4 Å². The fourth-order valence-corrected chi connectivity index (χ4v) is 5.38. The second-order valence-electron chi connectivity index (χ2n) is 9.64. The van der Waals surface area contributed by atoms with E-state index in [0.29, 0.717) is 29.4 Å². The third-order valence-corrected chi connectivity index (χ3v) is 7.28. The van der Waals surface area contributed by atoms with Gasteiger partial charge in [-0.15, -0.1) is 0 Å². The number of rotatable bonds is 12. The molecule has 0 amide bonds. The van der Waals surface area contributed by atoms with Crippen LogP contribution in [0.5, 0.6) is 23.0 Å². The van der Waals surface area contributed by atoms with Crippen LogP contribution in [0.25, 0.3) is 0 Å². The van der Waals surface area contributed by atoms with Crippen molar-refractivity contribution in [3.8, 4) is 23.0 Å². The molecular weight excluding hydrogens is 456 g/mol. The van der Waals surface area contributed by atoms with Crippen molar-refractivity contribution in [3.05, 3.63) is 47.5 Å². The molecular formula is C29H40N2O5. The van der Waals surface area contributed by atoms with Gasteiger partial charge >= 0.3 is 0 Å². The Morgan fingerprint density at radius 1 is 0.917 bits per heavy atom. The lowest BCUT2D eigenvalue weighted by Crippen LogP contribution is -2.31. The summed E-state index contributed by atoms with van der Waals surface area (Å²) < 4.78 is 22.4. The molecule has 1 atom stereocenters. The van der Waals surface area contributed by atoms with Crippen molar-refractivity contribution in [3.63, 3.8) is 0 Å². The van der Waals surface area contributed by atoms with Crippen molar-refractivity contribution in [1.29, 1.82) is 0 Å². The maximum Gasteiger partial charge on any atom is 0.203 e. The topological polar surface area (TPSA) is 60.5 Å². The highest BCUT2D eigenvalue weighted by atomic mass is 16.5. The first kappa shape index (κ1) is 26.3. The number of Topliss-reactive ketones (excluding diaryl/α,β-unsaturated/α-hetero) is 1. The number of hydrogen-bond acceptors (Lipinski definition) is 7. The van der Waals surface area contributed by atoms with Crippen molar-refractivity contribution in [2.45, 2.75) is 44.6 Å². The van der Waals surface area contributed by atoms with E-state index < -0.39 is 0 Å². The number of ether oxygens (including phenoxy) is 4. The van der Waals surface area contributed by atoms with Crippen LogP contribution in [0.4, 0.5) is 0 Å². The van der Waals surface area contributed by atoms with Crippen LogP contribution < -0.4 is 18.9 Å². The van der Waals surface area contributed by atoms with Crippen molar-refractivity contribution in [2.24, 2.45) is 0 Å². The van der Waals surface area contributed by atoms with Crippen LogP contribution >= 0.6 is 0 Å². The van der Waals surface area contributed by atoms with E-state index in [9.17, 15) is 4.79 Å². The molecule has 7 heteroatoms. The smallest absolute Gasteiger partial charge is 0.203 e. The minimum Gasteiger partial charge on any atom is -0.494 e. The molecule has 0 spiro atoms. The summed E-state index contributed by atoms with van der Waals surface area (Å²) in [7, 11) is 4.68. The maximum absolute atomic E-state index is 13.3. The molecule has 0 radical (unpaired) electrons. The zero-order chi connectivity index (χ0) is 25.3. The Balaban J connectivity index is 1.37. The molecule has 1 unspecified atom stereocenters. The first-order valence-electron chi connectivity index (χ1n) is 13.1. The number of piperidine rings is 1. The Labute approximate surface area is 215 Å². The van der Waals surface area contributed by atoms with Crippen LogP contribution in [-0.2, 0) is 0 Å². The normalized spacial score (nSPS) is 18.7. The Morgan fingerprint density at radius 2 is 1.67 bits per heavy atom. The summed E-state index contributed by atoms with van der Waals surface area (Å²) in [5.74, 6) is 2.41. The second-order valence-corrected chi connectivity index (χ2v) is 9.64. The summed E-state index contributed by atoms with van der Waals surface area (Å²) in [5, 5.41) is 0. The highest BCUT2D eigenvalue weighted by Crippen LogP contribution is 2.39. The van der Waals surface area contributed by atoms with Gasteiger partial charge in [0.1, 0.15) is 5.75 Å². The predicted octanol–water partition coefficient (Wildman–Crippen LogP) is 4.99. The van der Waals surface area contributed by atoms with Gasteiger partial charge in [-0.3, -0.25) is 9.69 Å². The van der Waals surface area contributed by atoms with Crippen LogP contribution in [0.1, 0.15) is 60.5 Å². The Bertz CT molecular complexity index is 980. The lowest BCUT2D eigenvalue weighted by Gasteiger charge is -2.26. The van der Waals surface area contributed by atoms with Gasteiger partial charge in [-0.1, -0.05) is 18.6 Å². The lowest BCUT2D eigenvalue weighted by molar-refractivity contribution is 0.0920. The van der Waals surface area contributed by atoms with E-state index in [1.54, 1.807) is 33.5 Å². The van der Waals surface area contributed by atoms with Crippen molar-refractivity contribution in [1.82, 2.24) is 9.80 Å². The molecule has 7 nitrogen and oxygen atoms in total. The van der Waals surface area contributed by atoms with Crippen LogP contribution in [0.2, 0.25) is 0 Å². The minimum atomic E-state index is 0.0336. The van der Waals surface area contributed by atoms with Gasteiger partial charge in [-0.25, -0.2) is 0 Å². The molecule has 0 aromatic heterocycles. The van der Waals surface area contributed by atoms with Gasteiger partial charge in [0.05, 0.1) is 34.5 Å². The van der Waals surface area contributed by atoms with Crippen molar-refractivity contribution in [2.75, 3.05) is 60.7 Å². The number of ketones is 1. The highest BCUT2D eigenvalue weighted by molar-refractivity contribution is 5.99. The van der Waals surface area contributed by atoms with Gasteiger partial charge in [0.2, 0.25) is 5.75 Å². The Hall–Kier alpha value is -2.77. The van der Waals surface area contributed by atoms with E-state index in [2.05, 4.69) is 28.0 Å². The fraction of sp³-hybridized carbons (Fsp3) is 0.552. The monoisotopic (exact) mass is 496 g/mol. The minimum absolute atomic E-state index is 0.0336. The lowest BCUT2D eigenvalue weighted by atomic mass is 10.0. The number of nitrogens with zero attached hydrogens (tertiary/aromatic N) is 2. The van der Waals surface area contributed by atoms with E-state index in [0.717, 1.165) is 44.7 Å². The summed E-state index contributed by atoms with van der Waals surface area (Å²) >= 11 is 0. The predicted molar refractivity (Wildman–Crippen MR) is 141 cm³/mol. The molecule has 0 saturated carbocycles. The SMILES string of the molecule is COc1cc(C(=O)CN2CCCC2c2cccc(OCCCN3CCCCC3)c2)cc(OC)c1OC. The van der Waals surface area contributed by atoms with Gasteiger partial charge in [-0.2, -0.15) is 0 Å². The largest absolute Gasteiger partial charge is 0.494 e. The van der Waals surface area contributed by atoms with Gasteiger partial charge < -0.3 is 23.8 Å². The zero-order valence-corrected chi connectivity index (χ0v) is 22.0. The molecule has 2 aromatic rings. The molecule has 2 fully saturated rings. The van der Waals surface area contributed by atoms with Gasteiger partial charge in [-0.05, 0) is 81.6 Å². The summed E-state index contributed by atoms with van der Waals surface area (Å²) in [6, 6.07) is 12.0. The first-order chi connectivity index (χ1) is 17.6. The number of carbonyl (C=O) groups is 1. The number of carbonyl (C=O) groups excluding carboxylic acids is 1. The molecule has 36 heavy (non-hydrogen) atoms. The molecule has 2 aliphatic heterocycles. The second kappa shape index (κ2) is 13.0. The summed E-state index contributed by atoms with van der Waals surface area (Å²) in [6.07, 6.45) is 7.15. The van der Waals surface area contributed by atoms with E-state index in [4.69, 9.17) is 18.9 Å². The number of benzene rings is 2. The summed E-state index contributed by atoms with van der Waals surface area (Å²) in [4.78, 5) is 18.1. The number of likely N-dealkylation sites (tertiary alicyclic amines) is 2. The first-order valence-corrected chi connectivity index (χ1v) is 13.1. The molecule has 2 heterocycles. The van der Waals surface area contributed by atoms with Crippen LogP contribution in [-0.4, -0.2) is 76.2 Å². The molecule has 0 bridgehead atoms. The van der Waals surface area contributed by atoms with E-state index >= 15 is 0 Å². The Morgan fingerprint density at radius 3 is 2.36 bits per heavy atom. The molecule has 2 aromatic carbocycles. The van der Waals surface area contributed by atoms with Gasteiger partial charge in [0, 0.05) is 18.2 Å². The number of methoxy groups -OCH3 is 3. The third-order valence-electron chi connectivity index (χ3n) is 7.28.